The number of benzene rings is 1. The number of aryl methyl sites for hydroxylation is 1. The Bertz CT molecular complexity index is 758. The number of carbonyl (C=O) groups excluding carboxylic acids is 2. The normalized spacial score (nSPS) is 17.2. The first kappa shape index (κ1) is 18.0. The molecule has 1 aliphatic heterocycles. The zero-order valence-corrected chi connectivity index (χ0v) is 15.3. The molecule has 1 aromatic heterocycles. The van der Waals surface area contributed by atoms with E-state index in [9.17, 15) is 9.59 Å². The van der Waals surface area contributed by atoms with Gasteiger partial charge < -0.3 is 15.1 Å². The third-order valence-corrected chi connectivity index (χ3v) is 4.69. The Balaban J connectivity index is 1.56. The molecule has 0 bridgehead atoms. The molecule has 138 valence electrons. The van der Waals surface area contributed by atoms with Crippen LogP contribution in [0, 0.1) is 0 Å². The van der Waals surface area contributed by atoms with Crippen LogP contribution in [0.3, 0.4) is 0 Å². The first-order chi connectivity index (χ1) is 12.6. The van der Waals surface area contributed by atoms with Crippen molar-refractivity contribution < 1.29 is 9.59 Å². The highest BCUT2D eigenvalue weighted by molar-refractivity contribution is 5.99. The van der Waals surface area contributed by atoms with Crippen molar-refractivity contribution in [1.29, 1.82) is 0 Å². The van der Waals surface area contributed by atoms with Crippen LogP contribution in [0.1, 0.15) is 18.5 Å². The van der Waals surface area contributed by atoms with Crippen LogP contribution in [0.25, 0.3) is 0 Å². The smallest absolute Gasteiger partial charge is 0.317 e. The largest absolute Gasteiger partial charge is 0.338 e. The molecule has 3 rings (SSSR count). The third kappa shape index (κ3) is 4.04. The summed E-state index contributed by atoms with van der Waals surface area (Å²) in [4.78, 5) is 28.6. The topological polar surface area (TPSA) is 70.5 Å². The number of hydrogen-bond donors (Lipinski definition) is 1. The van der Waals surface area contributed by atoms with E-state index in [1.54, 1.807) is 16.6 Å². The number of aromatic nitrogens is 2. The van der Waals surface area contributed by atoms with Crippen LogP contribution in [0.5, 0.6) is 0 Å². The van der Waals surface area contributed by atoms with Crippen molar-refractivity contribution >= 4 is 17.6 Å². The lowest BCUT2D eigenvalue weighted by atomic mass is 10.0. The van der Waals surface area contributed by atoms with Crippen molar-refractivity contribution in [1.82, 2.24) is 20.0 Å². The maximum absolute atomic E-state index is 12.9. The molecular weight excluding hydrogens is 330 g/mol. The molecule has 0 radical (unpaired) electrons. The molecule has 0 spiro atoms. The molecule has 1 aliphatic rings. The van der Waals surface area contributed by atoms with Gasteiger partial charge in [0, 0.05) is 45.5 Å². The molecule has 7 heteroatoms. The van der Waals surface area contributed by atoms with Crippen LogP contribution in [-0.4, -0.2) is 52.8 Å². The highest BCUT2D eigenvalue weighted by Gasteiger charge is 2.34. The van der Waals surface area contributed by atoms with Crippen LogP contribution in [0.2, 0.25) is 0 Å². The number of piperidine rings is 1. The lowest BCUT2D eigenvalue weighted by molar-refractivity contribution is -0.123. The Morgan fingerprint density at radius 3 is 2.77 bits per heavy atom. The molecule has 1 fully saturated rings. The molecule has 1 N–H and O–H groups in total. The van der Waals surface area contributed by atoms with Crippen LogP contribution in [0.4, 0.5) is 10.5 Å². The summed E-state index contributed by atoms with van der Waals surface area (Å²) in [6.45, 7) is 1.18. The molecular formula is C19H25N5O2. The van der Waals surface area contributed by atoms with Gasteiger partial charge in [-0.2, -0.15) is 5.10 Å². The van der Waals surface area contributed by atoms with E-state index in [0.717, 1.165) is 17.8 Å². The fourth-order valence-corrected chi connectivity index (χ4v) is 3.24. The van der Waals surface area contributed by atoms with Gasteiger partial charge in [-0.25, -0.2) is 4.79 Å². The molecule has 2 aromatic rings. The van der Waals surface area contributed by atoms with E-state index >= 15 is 0 Å². The van der Waals surface area contributed by atoms with Crippen molar-refractivity contribution in [2.75, 3.05) is 25.0 Å². The van der Waals surface area contributed by atoms with Gasteiger partial charge in [0.05, 0.1) is 5.69 Å². The summed E-state index contributed by atoms with van der Waals surface area (Å²) in [6, 6.07) is 10.9. The predicted octanol–water partition coefficient (Wildman–Crippen LogP) is 1.80. The summed E-state index contributed by atoms with van der Waals surface area (Å²) < 4.78 is 1.74. The number of urea groups is 1. The first-order valence-corrected chi connectivity index (χ1v) is 8.92. The zero-order valence-electron chi connectivity index (χ0n) is 15.3. The highest BCUT2D eigenvalue weighted by Crippen LogP contribution is 2.23. The van der Waals surface area contributed by atoms with Crippen molar-refractivity contribution in [2.24, 2.45) is 7.05 Å². The van der Waals surface area contributed by atoms with Gasteiger partial charge in [-0.05, 0) is 31.0 Å². The van der Waals surface area contributed by atoms with Gasteiger partial charge >= 0.3 is 6.03 Å². The number of para-hydroxylation sites is 1. The number of likely N-dealkylation sites (N-methyl/N-ethyl adjacent to an activating group) is 1. The second kappa shape index (κ2) is 8.03. The van der Waals surface area contributed by atoms with Gasteiger partial charge in [0.25, 0.3) is 0 Å². The summed E-state index contributed by atoms with van der Waals surface area (Å²) in [6.07, 6.45) is 4.10. The van der Waals surface area contributed by atoms with Gasteiger partial charge in [0.2, 0.25) is 5.91 Å². The Hall–Kier alpha value is -2.83. The minimum atomic E-state index is -0.432. The van der Waals surface area contributed by atoms with Gasteiger partial charge in [-0.3, -0.25) is 9.48 Å². The highest BCUT2D eigenvalue weighted by atomic mass is 16.2. The van der Waals surface area contributed by atoms with E-state index in [2.05, 4.69) is 10.4 Å². The maximum Gasteiger partial charge on any atom is 0.317 e. The van der Waals surface area contributed by atoms with Crippen LogP contribution in [-0.2, 0) is 18.3 Å². The summed E-state index contributed by atoms with van der Waals surface area (Å²) >= 11 is 0. The first-order valence-electron chi connectivity index (χ1n) is 8.92. The molecule has 1 atom stereocenters. The summed E-state index contributed by atoms with van der Waals surface area (Å²) in [7, 11) is 3.55. The Morgan fingerprint density at radius 2 is 2.08 bits per heavy atom. The van der Waals surface area contributed by atoms with Crippen molar-refractivity contribution in [3.8, 4) is 0 Å². The summed E-state index contributed by atoms with van der Waals surface area (Å²) in [5.74, 6) is -0.0233. The second-order valence-electron chi connectivity index (χ2n) is 6.56. The molecule has 1 unspecified atom stereocenters. The Morgan fingerprint density at radius 1 is 1.31 bits per heavy atom. The third-order valence-electron chi connectivity index (χ3n) is 4.69. The number of amides is 3. The minimum Gasteiger partial charge on any atom is -0.338 e. The van der Waals surface area contributed by atoms with Gasteiger partial charge in [0.1, 0.15) is 6.04 Å². The lowest BCUT2D eigenvalue weighted by Crippen LogP contribution is -2.55. The maximum atomic E-state index is 12.9. The molecule has 1 aromatic carbocycles. The molecule has 26 heavy (non-hydrogen) atoms. The Labute approximate surface area is 153 Å². The summed E-state index contributed by atoms with van der Waals surface area (Å²) in [5.41, 5.74) is 1.81. The molecule has 2 heterocycles. The molecule has 3 amide bonds. The SMILES string of the molecule is CN(C(=O)NCCc1ccn(C)n1)C1CCCN(c2ccccc2)C1=O. The van der Waals surface area contributed by atoms with E-state index in [-0.39, 0.29) is 11.9 Å². The average molecular weight is 355 g/mol. The van der Waals surface area contributed by atoms with Crippen molar-refractivity contribution in [3.05, 3.63) is 48.3 Å². The predicted molar refractivity (Wildman–Crippen MR) is 99.9 cm³/mol. The number of carbonyl (C=O) groups is 2. The van der Waals surface area contributed by atoms with Crippen LogP contribution < -0.4 is 10.2 Å². The number of hydrogen-bond acceptors (Lipinski definition) is 3. The fraction of sp³-hybridized carbons (Fsp3) is 0.421. The standard InChI is InChI=1S/C19H25N5O2/c1-22-14-11-15(21-22)10-12-20-19(26)23(2)17-9-6-13-24(18(17)25)16-7-4-3-5-8-16/h3-5,7-8,11,14,17H,6,9-10,12-13H2,1-2H3,(H,20,26). The zero-order chi connectivity index (χ0) is 18.5. The van der Waals surface area contributed by atoms with E-state index in [0.29, 0.717) is 25.9 Å². The molecule has 0 saturated carbocycles. The van der Waals surface area contributed by atoms with E-state index in [1.165, 1.54) is 4.90 Å². The van der Waals surface area contributed by atoms with Gasteiger partial charge in [-0.15, -0.1) is 0 Å². The number of nitrogens with one attached hydrogen (secondary N) is 1. The van der Waals surface area contributed by atoms with E-state index in [1.807, 2.05) is 49.6 Å². The number of rotatable bonds is 5. The van der Waals surface area contributed by atoms with Gasteiger partial charge in [-0.1, -0.05) is 18.2 Å². The van der Waals surface area contributed by atoms with Crippen molar-refractivity contribution in [3.63, 3.8) is 0 Å². The molecule has 1 saturated heterocycles. The molecule has 0 aliphatic carbocycles. The van der Waals surface area contributed by atoms with Crippen LogP contribution >= 0.6 is 0 Å². The fourth-order valence-electron chi connectivity index (χ4n) is 3.24. The average Bonchev–Trinajstić information content (AvgIpc) is 3.07. The van der Waals surface area contributed by atoms with E-state index < -0.39 is 6.04 Å². The molecule has 7 nitrogen and oxygen atoms in total. The lowest BCUT2D eigenvalue weighted by Gasteiger charge is -2.36. The monoisotopic (exact) mass is 355 g/mol. The van der Waals surface area contributed by atoms with E-state index in [4.69, 9.17) is 0 Å². The number of anilines is 1. The van der Waals surface area contributed by atoms with Gasteiger partial charge in [0.15, 0.2) is 0 Å². The Kier molecular flexibility index (Phi) is 5.55. The minimum absolute atomic E-state index is 0.0233. The van der Waals surface area contributed by atoms with Crippen molar-refractivity contribution in [2.45, 2.75) is 25.3 Å². The quantitative estimate of drug-likeness (QED) is 0.889. The van der Waals surface area contributed by atoms with Crippen LogP contribution in [0.15, 0.2) is 42.6 Å². The summed E-state index contributed by atoms with van der Waals surface area (Å²) in [5, 5.41) is 7.17. The number of nitrogens with zero attached hydrogens (tertiary/aromatic N) is 4. The second-order valence-corrected chi connectivity index (χ2v) is 6.56.